The normalized spacial score (nSPS) is 10.5. The Morgan fingerprint density at radius 1 is 1.35 bits per heavy atom. The standard InChI is InChI=1S/C13H16FN3/c1-10-9-11(3-4-13(10)14)15-7-5-12-6-8-16-17(12)2/h3-4,6,8-9,15H,5,7H2,1-2H3. The molecule has 0 amide bonds. The van der Waals surface area contributed by atoms with Gasteiger partial charge in [0.1, 0.15) is 5.82 Å². The lowest BCUT2D eigenvalue weighted by Crippen LogP contribution is -2.08. The molecule has 1 aromatic carbocycles. The molecule has 90 valence electrons. The first kappa shape index (κ1) is 11.6. The van der Waals surface area contributed by atoms with Gasteiger partial charge in [0.15, 0.2) is 0 Å². The third-order valence-electron chi connectivity index (χ3n) is 2.79. The van der Waals surface area contributed by atoms with Crippen LogP contribution in [0.5, 0.6) is 0 Å². The summed E-state index contributed by atoms with van der Waals surface area (Å²) in [6.45, 7) is 2.58. The van der Waals surface area contributed by atoms with Gasteiger partial charge in [-0.3, -0.25) is 4.68 Å². The molecule has 0 bridgehead atoms. The van der Waals surface area contributed by atoms with Gasteiger partial charge in [-0.05, 0) is 36.8 Å². The summed E-state index contributed by atoms with van der Waals surface area (Å²) < 4.78 is 14.9. The molecule has 0 radical (unpaired) electrons. The maximum absolute atomic E-state index is 13.1. The second-order valence-electron chi connectivity index (χ2n) is 4.09. The van der Waals surface area contributed by atoms with Crippen molar-refractivity contribution in [2.45, 2.75) is 13.3 Å². The van der Waals surface area contributed by atoms with E-state index in [-0.39, 0.29) is 5.82 Å². The van der Waals surface area contributed by atoms with E-state index in [1.807, 2.05) is 23.9 Å². The van der Waals surface area contributed by atoms with E-state index in [4.69, 9.17) is 0 Å². The summed E-state index contributed by atoms with van der Waals surface area (Å²) in [7, 11) is 1.93. The number of nitrogens with one attached hydrogen (secondary N) is 1. The van der Waals surface area contributed by atoms with Crippen LogP contribution in [-0.2, 0) is 13.5 Å². The molecule has 2 aromatic rings. The van der Waals surface area contributed by atoms with E-state index in [0.717, 1.165) is 18.7 Å². The van der Waals surface area contributed by atoms with E-state index in [1.165, 1.54) is 11.8 Å². The lowest BCUT2D eigenvalue weighted by Gasteiger charge is -2.07. The summed E-state index contributed by atoms with van der Waals surface area (Å²) >= 11 is 0. The molecule has 0 fully saturated rings. The highest BCUT2D eigenvalue weighted by Crippen LogP contribution is 2.13. The quantitative estimate of drug-likeness (QED) is 0.879. The van der Waals surface area contributed by atoms with E-state index in [9.17, 15) is 4.39 Å². The summed E-state index contributed by atoms with van der Waals surface area (Å²) in [6, 6.07) is 7.06. The molecule has 0 saturated heterocycles. The lowest BCUT2D eigenvalue weighted by atomic mass is 10.2. The highest BCUT2D eigenvalue weighted by Gasteiger charge is 2.00. The van der Waals surface area contributed by atoms with E-state index in [1.54, 1.807) is 19.2 Å². The molecular weight excluding hydrogens is 217 g/mol. The molecule has 17 heavy (non-hydrogen) atoms. The Morgan fingerprint density at radius 3 is 2.82 bits per heavy atom. The molecule has 3 nitrogen and oxygen atoms in total. The van der Waals surface area contributed by atoms with Crippen LogP contribution in [-0.4, -0.2) is 16.3 Å². The second kappa shape index (κ2) is 4.99. The zero-order valence-corrected chi connectivity index (χ0v) is 10.1. The number of benzene rings is 1. The van der Waals surface area contributed by atoms with Crippen LogP contribution in [0.25, 0.3) is 0 Å². The van der Waals surface area contributed by atoms with Crippen molar-refractivity contribution in [3.05, 3.63) is 47.5 Å². The monoisotopic (exact) mass is 233 g/mol. The van der Waals surface area contributed by atoms with Crippen molar-refractivity contribution < 1.29 is 4.39 Å². The predicted molar refractivity (Wildman–Crippen MR) is 66.5 cm³/mol. The van der Waals surface area contributed by atoms with Gasteiger partial charge in [0.05, 0.1) is 0 Å². The zero-order chi connectivity index (χ0) is 12.3. The highest BCUT2D eigenvalue weighted by atomic mass is 19.1. The lowest BCUT2D eigenvalue weighted by molar-refractivity contribution is 0.618. The number of rotatable bonds is 4. The highest BCUT2D eigenvalue weighted by molar-refractivity contribution is 5.45. The van der Waals surface area contributed by atoms with Crippen molar-refractivity contribution in [1.82, 2.24) is 9.78 Å². The summed E-state index contributed by atoms with van der Waals surface area (Å²) in [4.78, 5) is 0. The van der Waals surface area contributed by atoms with Crippen LogP contribution in [0, 0.1) is 12.7 Å². The zero-order valence-electron chi connectivity index (χ0n) is 10.1. The molecular formula is C13H16FN3. The van der Waals surface area contributed by atoms with Gasteiger partial charge in [0.25, 0.3) is 0 Å². The first-order valence-electron chi connectivity index (χ1n) is 5.64. The van der Waals surface area contributed by atoms with Gasteiger partial charge in [0, 0.05) is 37.6 Å². The molecule has 0 aliphatic rings. The van der Waals surface area contributed by atoms with E-state index < -0.39 is 0 Å². The predicted octanol–water partition coefficient (Wildman–Crippen LogP) is 2.52. The third-order valence-corrected chi connectivity index (χ3v) is 2.79. The van der Waals surface area contributed by atoms with Crippen LogP contribution in [0.15, 0.2) is 30.5 Å². The van der Waals surface area contributed by atoms with Crippen molar-refractivity contribution in [1.29, 1.82) is 0 Å². The Hall–Kier alpha value is -1.84. The maximum Gasteiger partial charge on any atom is 0.126 e. The first-order valence-corrected chi connectivity index (χ1v) is 5.64. The molecule has 0 unspecified atom stereocenters. The number of hydrogen-bond donors (Lipinski definition) is 1. The average Bonchev–Trinajstić information content (AvgIpc) is 2.70. The fourth-order valence-electron chi connectivity index (χ4n) is 1.74. The minimum absolute atomic E-state index is 0.165. The molecule has 1 aromatic heterocycles. The second-order valence-corrected chi connectivity index (χ2v) is 4.09. The molecule has 0 saturated carbocycles. The number of halogens is 1. The molecule has 0 aliphatic heterocycles. The third kappa shape index (κ3) is 2.84. The molecule has 0 spiro atoms. The van der Waals surface area contributed by atoms with Crippen LogP contribution < -0.4 is 5.32 Å². The van der Waals surface area contributed by atoms with Crippen LogP contribution in [0.4, 0.5) is 10.1 Å². The fourth-order valence-corrected chi connectivity index (χ4v) is 1.74. The van der Waals surface area contributed by atoms with Crippen molar-refractivity contribution in [3.8, 4) is 0 Å². The maximum atomic E-state index is 13.1. The Bertz CT molecular complexity index is 505. The van der Waals surface area contributed by atoms with Gasteiger partial charge < -0.3 is 5.32 Å². The van der Waals surface area contributed by atoms with Gasteiger partial charge >= 0.3 is 0 Å². The SMILES string of the molecule is Cc1cc(NCCc2ccnn2C)ccc1F. The number of nitrogens with zero attached hydrogens (tertiary/aromatic N) is 2. The Balaban J connectivity index is 1.90. The number of aryl methyl sites for hydroxylation is 2. The van der Waals surface area contributed by atoms with E-state index >= 15 is 0 Å². The largest absolute Gasteiger partial charge is 0.385 e. The summed E-state index contributed by atoms with van der Waals surface area (Å²) in [5.41, 5.74) is 2.79. The average molecular weight is 233 g/mol. The summed E-state index contributed by atoms with van der Waals surface area (Å²) in [5.74, 6) is -0.165. The molecule has 0 atom stereocenters. The minimum atomic E-state index is -0.165. The molecule has 0 aliphatic carbocycles. The molecule has 4 heteroatoms. The molecule has 2 rings (SSSR count). The Kier molecular flexibility index (Phi) is 3.42. The van der Waals surface area contributed by atoms with Crippen LogP contribution in [0.3, 0.4) is 0 Å². The molecule has 1 heterocycles. The van der Waals surface area contributed by atoms with Crippen LogP contribution >= 0.6 is 0 Å². The van der Waals surface area contributed by atoms with Crippen molar-refractivity contribution in [2.75, 3.05) is 11.9 Å². The van der Waals surface area contributed by atoms with Crippen LogP contribution in [0.1, 0.15) is 11.3 Å². The fraction of sp³-hybridized carbons (Fsp3) is 0.308. The van der Waals surface area contributed by atoms with Crippen molar-refractivity contribution in [2.24, 2.45) is 7.05 Å². The van der Waals surface area contributed by atoms with Gasteiger partial charge in [-0.2, -0.15) is 5.10 Å². The van der Waals surface area contributed by atoms with Crippen molar-refractivity contribution in [3.63, 3.8) is 0 Å². The first-order chi connectivity index (χ1) is 8.16. The summed E-state index contributed by atoms with van der Waals surface area (Å²) in [6.07, 6.45) is 2.68. The smallest absolute Gasteiger partial charge is 0.126 e. The molecule has 1 N–H and O–H groups in total. The van der Waals surface area contributed by atoms with Gasteiger partial charge in [-0.15, -0.1) is 0 Å². The van der Waals surface area contributed by atoms with E-state index in [0.29, 0.717) is 5.56 Å². The van der Waals surface area contributed by atoms with Gasteiger partial charge in [0.2, 0.25) is 0 Å². The van der Waals surface area contributed by atoms with E-state index in [2.05, 4.69) is 10.4 Å². The number of hydrogen-bond acceptors (Lipinski definition) is 2. The van der Waals surface area contributed by atoms with Gasteiger partial charge in [-0.1, -0.05) is 0 Å². The number of anilines is 1. The van der Waals surface area contributed by atoms with Gasteiger partial charge in [-0.25, -0.2) is 4.39 Å². The van der Waals surface area contributed by atoms with Crippen LogP contribution in [0.2, 0.25) is 0 Å². The Labute approximate surface area is 100 Å². The Morgan fingerprint density at radius 2 is 2.18 bits per heavy atom. The minimum Gasteiger partial charge on any atom is -0.385 e. The van der Waals surface area contributed by atoms with Crippen molar-refractivity contribution >= 4 is 5.69 Å². The number of aromatic nitrogens is 2. The topological polar surface area (TPSA) is 29.9 Å². The summed E-state index contributed by atoms with van der Waals surface area (Å²) in [5, 5.41) is 7.38.